The van der Waals surface area contributed by atoms with Gasteiger partial charge in [-0.3, -0.25) is 0 Å². The van der Waals surface area contributed by atoms with E-state index in [2.05, 4.69) is 4.98 Å². The van der Waals surface area contributed by atoms with E-state index in [4.69, 9.17) is 16.0 Å². The predicted octanol–water partition coefficient (Wildman–Crippen LogP) is 2.60. The summed E-state index contributed by atoms with van der Waals surface area (Å²) < 4.78 is 32.8. The molecule has 8 heteroatoms. The van der Waals surface area contributed by atoms with Gasteiger partial charge >= 0.3 is 0 Å². The fourth-order valence-corrected chi connectivity index (χ4v) is 4.90. The molecular weight excluding hydrogens is 340 g/mol. The Bertz CT molecular complexity index is 746. The minimum absolute atomic E-state index is 0.138. The van der Waals surface area contributed by atoms with Crippen LogP contribution in [0.4, 0.5) is 0 Å². The van der Waals surface area contributed by atoms with Crippen molar-refractivity contribution in [2.45, 2.75) is 36.2 Å². The average Bonchev–Trinajstić information content (AvgIpc) is 3.09. The lowest BCUT2D eigenvalue weighted by Gasteiger charge is -2.38. The summed E-state index contributed by atoms with van der Waals surface area (Å²) in [5.74, 6) is 0.348. The first-order valence-corrected chi connectivity index (χ1v) is 9.15. The number of rotatable bonds is 4. The first-order valence-electron chi connectivity index (χ1n) is 7.33. The number of hydrogen-bond acceptors (Lipinski definition) is 5. The van der Waals surface area contributed by atoms with Crippen LogP contribution >= 0.6 is 11.6 Å². The average molecular weight is 357 g/mol. The highest BCUT2D eigenvalue weighted by Gasteiger charge is 2.42. The van der Waals surface area contributed by atoms with E-state index >= 15 is 0 Å². The van der Waals surface area contributed by atoms with Gasteiger partial charge in [-0.25, -0.2) is 13.4 Å². The Morgan fingerprint density at radius 2 is 2.04 bits per heavy atom. The van der Waals surface area contributed by atoms with Crippen LogP contribution in [0.2, 0.25) is 5.02 Å². The maximum atomic E-state index is 13.1. The van der Waals surface area contributed by atoms with Crippen molar-refractivity contribution in [1.29, 1.82) is 0 Å². The molecule has 1 aliphatic heterocycles. The minimum atomic E-state index is -3.80. The van der Waals surface area contributed by atoms with Crippen molar-refractivity contribution < 1.29 is 17.9 Å². The number of nitrogens with zero attached hydrogens (tertiary/aromatic N) is 2. The SMILES string of the molecule is O=S(=O)(c1ccc(Cl)cc1)N1C(CO)CCCC1c1ncco1. The highest BCUT2D eigenvalue weighted by molar-refractivity contribution is 7.89. The molecule has 2 atom stereocenters. The normalized spacial score (nSPS) is 23.0. The molecule has 1 aromatic heterocycles. The van der Waals surface area contributed by atoms with Crippen molar-refractivity contribution in [3.05, 3.63) is 47.6 Å². The molecule has 1 N–H and O–H groups in total. The highest BCUT2D eigenvalue weighted by atomic mass is 35.5. The third-order valence-corrected chi connectivity index (χ3v) is 6.25. The van der Waals surface area contributed by atoms with Crippen molar-refractivity contribution in [1.82, 2.24) is 9.29 Å². The van der Waals surface area contributed by atoms with E-state index in [0.29, 0.717) is 23.8 Å². The quantitative estimate of drug-likeness (QED) is 0.910. The molecule has 23 heavy (non-hydrogen) atoms. The van der Waals surface area contributed by atoms with Crippen LogP contribution in [0.25, 0.3) is 0 Å². The summed E-state index contributed by atoms with van der Waals surface area (Å²) in [6.07, 6.45) is 4.91. The maximum absolute atomic E-state index is 13.1. The van der Waals surface area contributed by atoms with E-state index < -0.39 is 22.1 Å². The van der Waals surface area contributed by atoms with Gasteiger partial charge in [-0.1, -0.05) is 11.6 Å². The lowest BCUT2D eigenvalue weighted by molar-refractivity contribution is 0.103. The summed E-state index contributed by atoms with van der Waals surface area (Å²) in [5, 5.41) is 10.1. The number of oxazole rings is 1. The van der Waals surface area contributed by atoms with Crippen LogP contribution in [0.15, 0.2) is 46.0 Å². The van der Waals surface area contributed by atoms with Gasteiger partial charge in [-0.05, 0) is 43.5 Å². The lowest BCUT2D eigenvalue weighted by atomic mass is 9.99. The first kappa shape index (κ1) is 16.4. The van der Waals surface area contributed by atoms with E-state index in [1.807, 2.05) is 0 Å². The number of piperidine rings is 1. The van der Waals surface area contributed by atoms with Crippen LogP contribution in [0.5, 0.6) is 0 Å². The molecule has 0 saturated carbocycles. The fourth-order valence-electron chi connectivity index (χ4n) is 2.95. The van der Waals surface area contributed by atoms with Crippen molar-refractivity contribution in [3.8, 4) is 0 Å². The topological polar surface area (TPSA) is 83.6 Å². The Kier molecular flexibility index (Phi) is 4.72. The second kappa shape index (κ2) is 6.60. The zero-order chi connectivity index (χ0) is 16.4. The van der Waals surface area contributed by atoms with Crippen molar-refractivity contribution in [2.75, 3.05) is 6.61 Å². The Morgan fingerprint density at radius 1 is 1.30 bits per heavy atom. The summed E-state index contributed by atoms with van der Waals surface area (Å²) in [5.41, 5.74) is 0. The Hall–Kier alpha value is -1.41. The summed E-state index contributed by atoms with van der Waals surface area (Å²) >= 11 is 5.84. The van der Waals surface area contributed by atoms with Crippen LogP contribution < -0.4 is 0 Å². The van der Waals surface area contributed by atoms with Crippen molar-refractivity contribution >= 4 is 21.6 Å². The van der Waals surface area contributed by atoms with Crippen LogP contribution in [0.1, 0.15) is 31.2 Å². The number of aromatic nitrogens is 1. The van der Waals surface area contributed by atoms with E-state index in [0.717, 1.165) is 6.42 Å². The zero-order valence-electron chi connectivity index (χ0n) is 12.3. The van der Waals surface area contributed by atoms with Crippen molar-refractivity contribution in [3.63, 3.8) is 0 Å². The molecule has 2 aromatic rings. The van der Waals surface area contributed by atoms with Crippen LogP contribution in [-0.4, -0.2) is 35.5 Å². The molecular formula is C15H17ClN2O4S. The maximum Gasteiger partial charge on any atom is 0.244 e. The minimum Gasteiger partial charge on any atom is -0.447 e. The predicted molar refractivity (Wildman–Crippen MR) is 84.4 cm³/mol. The number of aliphatic hydroxyl groups is 1. The Balaban J connectivity index is 2.05. The molecule has 124 valence electrons. The van der Waals surface area contributed by atoms with Gasteiger partial charge in [0.2, 0.25) is 15.9 Å². The van der Waals surface area contributed by atoms with E-state index in [9.17, 15) is 13.5 Å². The second-order valence-electron chi connectivity index (χ2n) is 5.44. The number of hydrogen-bond donors (Lipinski definition) is 1. The number of sulfonamides is 1. The molecule has 0 aliphatic carbocycles. The zero-order valence-corrected chi connectivity index (χ0v) is 13.9. The van der Waals surface area contributed by atoms with E-state index in [1.54, 1.807) is 0 Å². The molecule has 0 radical (unpaired) electrons. The van der Waals surface area contributed by atoms with Crippen LogP contribution in [-0.2, 0) is 10.0 Å². The molecule has 6 nitrogen and oxygen atoms in total. The fraction of sp³-hybridized carbons (Fsp3) is 0.400. The summed E-state index contributed by atoms with van der Waals surface area (Å²) in [7, 11) is -3.80. The Labute approximate surface area is 139 Å². The second-order valence-corrected chi connectivity index (χ2v) is 7.72. The Morgan fingerprint density at radius 3 is 2.65 bits per heavy atom. The standard InChI is InChI=1S/C15H17ClN2O4S/c16-11-4-6-13(7-5-11)23(20,21)18-12(10-19)2-1-3-14(18)15-17-8-9-22-15/h4-9,12,14,19H,1-3,10H2. The molecule has 1 aromatic carbocycles. The van der Waals surface area contributed by atoms with E-state index in [-0.39, 0.29) is 11.5 Å². The van der Waals surface area contributed by atoms with Gasteiger partial charge < -0.3 is 9.52 Å². The smallest absolute Gasteiger partial charge is 0.244 e. The summed E-state index contributed by atoms with van der Waals surface area (Å²) in [4.78, 5) is 4.24. The first-order chi connectivity index (χ1) is 11.0. The highest BCUT2D eigenvalue weighted by Crippen LogP contribution is 2.38. The summed E-state index contributed by atoms with van der Waals surface area (Å²) in [6, 6.07) is 4.98. The van der Waals surface area contributed by atoms with Gasteiger partial charge in [0.25, 0.3) is 0 Å². The molecule has 2 heterocycles. The van der Waals surface area contributed by atoms with Gasteiger partial charge in [0.05, 0.1) is 17.7 Å². The number of halogens is 1. The van der Waals surface area contributed by atoms with Crippen molar-refractivity contribution in [2.24, 2.45) is 0 Å². The third-order valence-electron chi connectivity index (χ3n) is 4.02. The molecule has 0 amide bonds. The van der Waals surface area contributed by atoms with Gasteiger partial charge in [0, 0.05) is 11.1 Å². The lowest BCUT2D eigenvalue weighted by Crippen LogP contribution is -2.47. The summed E-state index contributed by atoms with van der Waals surface area (Å²) in [6.45, 7) is -0.246. The molecule has 3 rings (SSSR count). The molecule has 1 fully saturated rings. The molecule has 1 aliphatic rings. The third kappa shape index (κ3) is 3.14. The largest absolute Gasteiger partial charge is 0.447 e. The molecule has 2 unspecified atom stereocenters. The number of aliphatic hydroxyl groups excluding tert-OH is 1. The monoisotopic (exact) mass is 356 g/mol. The van der Waals surface area contributed by atoms with Gasteiger partial charge in [-0.15, -0.1) is 0 Å². The molecule has 1 saturated heterocycles. The van der Waals surface area contributed by atoms with Gasteiger partial charge in [-0.2, -0.15) is 4.31 Å². The van der Waals surface area contributed by atoms with E-state index in [1.165, 1.54) is 41.0 Å². The number of benzene rings is 1. The molecule has 0 bridgehead atoms. The molecule has 0 spiro atoms. The van der Waals surface area contributed by atoms with Crippen LogP contribution in [0, 0.1) is 0 Å². The van der Waals surface area contributed by atoms with Gasteiger partial charge in [0.1, 0.15) is 12.3 Å². The van der Waals surface area contributed by atoms with Gasteiger partial charge in [0.15, 0.2) is 0 Å². The van der Waals surface area contributed by atoms with Crippen LogP contribution in [0.3, 0.4) is 0 Å².